The summed E-state index contributed by atoms with van der Waals surface area (Å²) in [5.74, 6) is 0. The summed E-state index contributed by atoms with van der Waals surface area (Å²) in [6.45, 7) is 4.60. The van der Waals surface area contributed by atoms with Gasteiger partial charge >= 0.3 is 0 Å². The van der Waals surface area contributed by atoms with E-state index in [0.717, 1.165) is 16.5 Å². The average Bonchev–Trinajstić information content (AvgIpc) is 2.40. The van der Waals surface area contributed by atoms with Crippen molar-refractivity contribution in [1.82, 2.24) is 0 Å². The van der Waals surface area contributed by atoms with Crippen LogP contribution in [0.4, 0.5) is 0 Å². The standard InChI is InChI=1S/C13H14O2.C2H6/c1-15-9-13-7-11-5-3-2-4-10(11)6-12(13)8-14;1-2/h2-7,14H,8-9H2,1H3;1-2H3. The Morgan fingerprint density at radius 1 is 1.00 bits per heavy atom. The van der Waals surface area contributed by atoms with E-state index in [1.54, 1.807) is 7.11 Å². The Bertz CT molecular complexity index is 463. The minimum Gasteiger partial charge on any atom is -0.392 e. The number of aliphatic hydroxyl groups excluding tert-OH is 1. The molecule has 17 heavy (non-hydrogen) atoms. The maximum absolute atomic E-state index is 9.25. The van der Waals surface area contributed by atoms with E-state index in [9.17, 15) is 5.11 Å². The van der Waals surface area contributed by atoms with Crippen LogP contribution in [0.3, 0.4) is 0 Å². The largest absolute Gasteiger partial charge is 0.392 e. The first-order valence-corrected chi connectivity index (χ1v) is 5.95. The SMILES string of the molecule is CC.COCc1cc2ccccc2cc1CO. The van der Waals surface area contributed by atoms with Gasteiger partial charge in [0.2, 0.25) is 0 Å². The third-order valence-electron chi connectivity index (χ3n) is 2.54. The molecule has 2 aromatic carbocycles. The highest BCUT2D eigenvalue weighted by atomic mass is 16.5. The van der Waals surface area contributed by atoms with E-state index < -0.39 is 0 Å². The van der Waals surface area contributed by atoms with E-state index in [0.29, 0.717) is 6.61 Å². The first-order valence-electron chi connectivity index (χ1n) is 5.95. The molecule has 0 aliphatic carbocycles. The third-order valence-corrected chi connectivity index (χ3v) is 2.54. The van der Waals surface area contributed by atoms with Gasteiger partial charge in [-0.05, 0) is 34.0 Å². The fourth-order valence-electron chi connectivity index (χ4n) is 1.77. The molecule has 2 heteroatoms. The fraction of sp³-hybridized carbons (Fsp3) is 0.333. The lowest BCUT2D eigenvalue weighted by Crippen LogP contribution is -1.96. The van der Waals surface area contributed by atoms with Crippen molar-refractivity contribution in [1.29, 1.82) is 0 Å². The predicted molar refractivity (Wildman–Crippen MR) is 71.9 cm³/mol. The monoisotopic (exact) mass is 232 g/mol. The van der Waals surface area contributed by atoms with Crippen molar-refractivity contribution >= 4 is 10.8 Å². The molecule has 0 aliphatic heterocycles. The number of hydrogen-bond donors (Lipinski definition) is 1. The molecule has 92 valence electrons. The van der Waals surface area contributed by atoms with Crippen LogP contribution >= 0.6 is 0 Å². The predicted octanol–water partition coefficient (Wildman–Crippen LogP) is 3.50. The minimum absolute atomic E-state index is 0.0591. The maximum atomic E-state index is 9.25. The summed E-state index contributed by atoms with van der Waals surface area (Å²) in [6, 6.07) is 12.2. The molecule has 0 aromatic heterocycles. The zero-order valence-electron chi connectivity index (χ0n) is 10.7. The van der Waals surface area contributed by atoms with Crippen LogP contribution in [0.1, 0.15) is 25.0 Å². The van der Waals surface area contributed by atoms with Gasteiger partial charge < -0.3 is 9.84 Å². The molecule has 0 aliphatic rings. The molecule has 0 spiro atoms. The lowest BCUT2D eigenvalue weighted by Gasteiger charge is -2.08. The highest BCUT2D eigenvalue weighted by molar-refractivity contribution is 5.84. The zero-order valence-corrected chi connectivity index (χ0v) is 10.7. The quantitative estimate of drug-likeness (QED) is 0.877. The minimum atomic E-state index is 0.0591. The van der Waals surface area contributed by atoms with Gasteiger partial charge in [-0.3, -0.25) is 0 Å². The molecule has 0 amide bonds. The van der Waals surface area contributed by atoms with Gasteiger partial charge in [0.25, 0.3) is 0 Å². The summed E-state index contributed by atoms with van der Waals surface area (Å²) >= 11 is 0. The van der Waals surface area contributed by atoms with E-state index in [-0.39, 0.29) is 6.61 Å². The molecule has 0 saturated heterocycles. The Morgan fingerprint density at radius 2 is 1.53 bits per heavy atom. The van der Waals surface area contributed by atoms with Gasteiger partial charge in [0.15, 0.2) is 0 Å². The summed E-state index contributed by atoms with van der Waals surface area (Å²) in [6.07, 6.45) is 0. The Labute approximate surface area is 103 Å². The Kier molecular flexibility index (Phi) is 5.67. The lowest BCUT2D eigenvalue weighted by atomic mass is 10.0. The van der Waals surface area contributed by atoms with Crippen LogP contribution in [-0.4, -0.2) is 12.2 Å². The van der Waals surface area contributed by atoms with Crippen LogP contribution in [-0.2, 0) is 18.0 Å². The van der Waals surface area contributed by atoms with Crippen molar-refractivity contribution in [3.05, 3.63) is 47.5 Å². The number of hydrogen-bond acceptors (Lipinski definition) is 2. The maximum Gasteiger partial charge on any atom is 0.0716 e. The molecular formula is C15H20O2. The van der Waals surface area contributed by atoms with E-state index in [2.05, 4.69) is 12.1 Å². The van der Waals surface area contributed by atoms with Gasteiger partial charge in [-0.25, -0.2) is 0 Å². The normalized spacial score (nSPS) is 9.88. The molecule has 0 heterocycles. The van der Waals surface area contributed by atoms with Gasteiger partial charge in [0.1, 0.15) is 0 Å². The molecule has 0 radical (unpaired) electrons. The number of ether oxygens (including phenoxy) is 1. The Balaban J connectivity index is 0.000000686. The molecule has 2 nitrogen and oxygen atoms in total. The van der Waals surface area contributed by atoms with Crippen molar-refractivity contribution in [2.24, 2.45) is 0 Å². The van der Waals surface area contributed by atoms with Crippen molar-refractivity contribution in [3.8, 4) is 0 Å². The second-order valence-corrected chi connectivity index (χ2v) is 3.56. The third kappa shape index (κ3) is 3.29. The summed E-state index contributed by atoms with van der Waals surface area (Å²) in [7, 11) is 1.66. The van der Waals surface area contributed by atoms with E-state index >= 15 is 0 Å². The van der Waals surface area contributed by atoms with Gasteiger partial charge in [0, 0.05) is 7.11 Å². The Hall–Kier alpha value is -1.38. The Morgan fingerprint density at radius 3 is 2.00 bits per heavy atom. The van der Waals surface area contributed by atoms with Crippen LogP contribution in [0.15, 0.2) is 36.4 Å². The highest BCUT2D eigenvalue weighted by Gasteiger charge is 2.03. The molecular weight excluding hydrogens is 212 g/mol. The van der Waals surface area contributed by atoms with Gasteiger partial charge in [-0.15, -0.1) is 0 Å². The van der Waals surface area contributed by atoms with Gasteiger partial charge in [-0.2, -0.15) is 0 Å². The van der Waals surface area contributed by atoms with Crippen LogP contribution in [0.5, 0.6) is 0 Å². The van der Waals surface area contributed by atoms with Gasteiger partial charge in [0.05, 0.1) is 13.2 Å². The smallest absolute Gasteiger partial charge is 0.0716 e. The number of benzene rings is 2. The second-order valence-electron chi connectivity index (χ2n) is 3.56. The topological polar surface area (TPSA) is 29.5 Å². The van der Waals surface area contributed by atoms with Crippen LogP contribution in [0, 0.1) is 0 Å². The number of aliphatic hydroxyl groups is 1. The summed E-state index contributed by atoms with van der Waals surface area (Å²) in [5.41, 5.74) is 1.99. The number of methoxy groups -OCH3 is 1. The molecule has 0 atom stereocenters. The average molecular weight is 232 g/mol. The fourth-order valence-corrected chi connectivity index (χ4v) is 1.77. The first kappa shape index (κ1) is 13.7. The zero-order chi connectivity index (χ0) is 12.7. The number of rotatable bonds is 3. The van der Waals surface area contributed by atoms with Gasteiger partial charge in [-0.1, -0.05) is 38.1 Å². The van der Waals surface area contributed by atoms with E-state index in [1.165, 1.54) is 5.39 Å². The summed E-state index contributed by atoms with van der Waals surface area (Å²) in [5, 5.41) is 11.6. The van der Waals surface area contributed by atoms with Crippen LogP contribution in [0.25, 0.3) is 10.8 Å². The molecule has 0 bridgehead atoms. The summed E-state index contributed by atoms with van der Waals surface area (Å²) < 4.78 is 5.11. The van der Waals surface area contributed by atoms with E-state index in [4.69, 9.17) is 4.74 Å². The first-order chi connectivity index (χ1) is 8.35. The second kappa shape index (κ2) is 7.05. The molecule has 2 aromatic rings. The molecule has 0 unspecified atom stereocenters. The lowest BCUT2D eigenvalue weighted by molar-refractivity contribution is 0.181. The van der Waals surface area contributed by atoms with Crippen molar-refractivity contribution in [3.63, 3.8) is 0 Å². The molecule has 0 fully saturated rings. The number of fused-ring (bicyclic) bond motifs is 1. The van der Waals surface area contributed by atoms with Crippen molar-refractivity contribution in [2.45, 2.75) is 27.1 Å². The van der Waals surface area contributed by atoms with Crippen molar-refractivity contribution in [2.75, 3.05) is 7.11 Å². The van der Waals surface area contributed by atoms with Crippen LogP contribution in [0.2, 0.25) is 0 Å². The molecule has 1 N–H and O–H groups in total. The molecule has 0 saturated carbocycles. The molecule has 2 rings (SSSR count). The van der Waals surface area contributed by atoms with Crippen LogP contribution < -0.4 is 0 Å². The van der Waals surface area contributed by atoms with Crippen molar-refractivity contribution < 1.29 is 9.84 Å². The summed E-state index contributed by atoms with van der Waals surface area (Å²) in [4.78, 5) is 0. The van der Waals surface area contributed by atoms with E-state index in [1.807, 2.05) is 38.1 Å². The highest BCUT2D eigenvalue weighted by Crippen LogP contribution is 2.20.